The molecule has 41 heavy (non-hydrogen) atoms. The molecule has 0 aliphatic rings. The highest BCUT2D eigenvalue weighted by molar-refractivity contribution is 5.89. The van der Waals surface area contributed by atoms with Gasteiger partial charge in [-0.15, -0.1) is 0 Å². The molecule has 6 rings (SSSR count). The van der Waals surface area contributed by atoms with Crippen molar-refractivity contribution in [2.75, 3.05) is 6.54 Å². The number of hydrogen-bond donors (Lipinski definition) is 2. The molecule has 2 N–H and O–H groups in total. The van der Waals surface area contributed by atoms with Crippen LogP contribution in [-0.2, 0) is 23.3 Å². The first-order valence-corrected chi connectivity index (χ1v) is 14.0. The number of aromatic nitrogens is 1. The third kappa shape index (κ3) is 5.43. The van der Waals surface area contributed by atoms with Gasteiger partial charge in [0.25, 0.3) is 0 Å². The number of nitrogens with one attached hydrogen (secondary N) is 2. The molecule has 4 heteroatoms. The van der Waals surface area contributed by atoms with E-state index in [1.54, 1.807) is 12.1 Å². The van der Waals surface area contributed by atoms with E-state index < -0.39 is 5.54 Å². The summed E-state index contributed by atoms with van der Waals surface area (Å²) in [6, 6.07) is 49.2. The largest absolute Gasteiger partial charge is 0.456 e. The summed E-state index contributed by atoms with van der Waals surface area (Å²) in [5.41, 5.74) is 6.63. The Morgan fingerprint density at radius 1 is 0.634 bits per heavy atom. The van der Waals surface area contributed by atoms with Crippen LogP contribution in [0.5, 0.6) is 0 Å². The number of carbonyl (C=O) groups excluding carboxylic acids is 1. The van der Waals surface area contributed by atoms with E-state index >= 15 is 0 Å². The maximum Gasteiger partial charge on any atom is 0.338 e. The highest BCUT2D eigenvalue weighted by Crippen LogP contribution is 2.37. The van der Waals surface area contributed by atoms with Crippen LogP contribution in [-0.4, -0.2) is 17.5 Å². The second-order valence-corrected chi connectivity index (χ2v) is 10.1. The first kappa shape index (κ1) is 26.3. The summed E-state index contributed by atoms with van der Waals surface area (Å²) in [4.78, 5) is 16.2. The molecule has 202 valence electrons. The van der Waals surface area contributed by atoms with E-state index in [-0.39, 0.29) is 12.6 Å². The Morgan fingerprint density at radius 3 is 1.68 bits per heavy atom. The zero-order chi connectivity index (χ0) is 27.9. The standard InChI is InChI=1S/C37H32N2O2/c40-36(28-15-5-1-6-16-28)41-27-35-33(32-23-13-14-24-34(32)39-35)25-26-38-37(29-17-7-2-8-18-29,30-19-9-3-10-20-30)31-21-11-4-12-22-31/h1-24,38-39H,25-27H2. The topological polar surface area (TPSA) is 54.1 Å². The van der Waals surface area contributed by atoms with Gasteiger partial charge in [-0.2, -0.15) is 0 Å². The van der Waals surface area contributed by atoms with Crippen LogP contribution in [0.2, 0.25) is 0 Å². The molecule has 0 aliphatic heterocycles. The van der Waals surface area contributed by atoms with Crippen LogP contribution in [0.25, 0.3) is 10.9 Å². The number of rotatable bonds is 10. The molecule has 0 bridgehead atoms. The zero-order valence-electron chi connectivity index (χ0n) is 22.8. The van der Waals surface area contributed by atoms with Gasteiger partial charge in [0.2, 0.25) is 0 Å². The maximum absolute atomic E-state index is 12.7. The fourth-order valence-corrected chi connectivity index (χ4v) is 5.71. The second-order valence-electron chi connectivity index (χ2n) is 10.1. The molecule has 0 saturated carbocycles. The number of aromatic amines is 1. The van der Waals surface area contributed by atoms with E-state index in [1.165, 1.54) is 16.7 Å². The summed E-state index contributed by atoms with van der Waals surface area (Å²) in [6.45, 7) is 0.874. The van der Waals surface area contributed by atoms with Crippen LogP contribution in [0.1, 0.15) is 38.3 Å². The fraction of sp³-hybridized carbons (Fsp3) is 0.108. The average molecular weight is 537 g/mol. The van der Waals surface area contributed by atoms with Crippen molar-refractivity contribution >= 4 is 16.9 Å². The van der Waals surface area contributed by atoms with Crippen LogP contribution < -0.4 is 5.32 Å². The summed E-state index contributed by atoms with van der Waals surface area (Å²) < 4.78 is 5.75. The van der Waals surface area contributed by atoms with Crippen LogP contribution in [0.4, 0.5) is 0 Å². The molecule has 0 atom stereocenters. The van der Waals surface area contributed by atoms with Crippen molar-refractivity contribution in [3.05, 3.63) is 179 Å². The van der Waals surface area contributed by atoms with E-state index in [9.17, 15) is 4.79 Å². The molecule has 0 saturated heterocycles. The minimum Gasteiger partial charge on any atom is -0.456 e. The number of para-hydroxylation sites is 1. The SMILES string of the molecule is O=C(OCc1[nH]c2ccccc2c1CCNC(c1ccccc1)(c1ccccc1)c1ccccc1)c1ccccc1. The Labute approximate surface area is 240 Å². The highest BCUT2D eigenvalue weighted by atomic mass is 16.5. The number of benzene rings is 5. The Morgan fingerprint density at radius 2 is 1.12 bits per heavy atom. The molecule has 1 heterocycles. The molecule has 0 fully saturated rings. The van der Waals surface area contributed by atoms with Crippen LogP contribution in [0.3, 0.4) is 0 Å². The van der Waals surface area contributed by atoms with E-state index in [0.717, 1.165) is 28.6 Å². The molecule has 0 unspecified atom stereocenters. The van der Waals surface area contributed by atoms with Gasteiger partial charge in [0.1, 0.15) is 6.61 Å². The molecule has 0 aliphatic carbocycles. The number of carbonyl (C=O) groups is 1. The summed E-state index contributed by atoms with van der Waals surface area (Å²) in [5, 5.41) is 5.12. The van der Waals surface area contributed by atoms with Gasteiger partial charge in [-0.3, -0.25) is 5.32 Å². The Bertz CT molecular complexity index is 1620. The summed E-state index contributed by atoms with van der Waals surface area (Å²) in [7, 11) is 0. The van der Waals surface area contributed by atoms with Gasteiger partial charge in [0.15, 0.2) is 0 Å². The lowest BCUT2D eigenvalue weighted by atomic mass is 9.77. The van der Waals surface area contributed by atoms with Crippen molar-refractivity contribution in [3.63, 3.8) is 0 Å². The van der Waals surface area contributed by atoms with E-state index in [1.807, 2.05) is 24.3 Å². The van der Waals surface area contributed by atoms with E-state index in [0.29, 0.717) is 12.1 Å². The Kier molecular flexibility index (Phi) is 7.74. The van der Waals surface area contributed by atoms with Crippen LogP contribution >= 0.6 is 0 Å². The van der Waals surface area contributed by atoms with Gasteiger partial charge in [0.05, 0.1) is 16.8 Å². The molecule has 1 aromatic heterocycles. The third-order valence-corrected chi connectivity index (χ3v) is 7.64. The maximum atomic E-state index is 12.7. The molecule has 4 nitrogen and oxygen atoms in total. The first-order chi connectivity index (χ1) is 20.3. The quantitative estimate of drug-likeness (QED) is 0.140. The number of H-pyrrole nitrogens is 1. The fourth-order valence-electron chi connectivity index (χ4n) is 5.71. The lowest BCUT2D eigenvalue weighted by Gasteiger charge is -2.37. The third-order valence-electron chi connectivity index (χ3n) is 7.64. The second kappa shape index (κ2) is 12.1. The lowest BCUT2D eigenvalue weighted by molar-refractivity contribution is 0.0467. The number of esters is 1. The summed E-state index contributed by atoms with van der Waals surface area (Å²) in [6.07, 6.45) is 0.747. The van der Waals surface area contributed by atoms with Crippen molar-refractivity contribution in [2.45, 2.75) is 18.6 Å². The lowest BCUT2D eigenvalue weighted by Crippen LogP contribution is -2.45. The molecule has 6 aromatic rings. The normalized spacial score (nSPS) is 11.4. The van der Waals surface area contributed by atoms with Gasteiger partial charge in [-0.25, -0.2) is 4.79 Å². The van der Waals surface area contributed by atoms with E-state index in [4.69, 9.17) is 4.74 Å². The van der Waals surface area contributed by atoms with Crippen molar-refractivity contribution in [2.24, 2.45) is 0 Å². The molecule has 0 radical (unpaired) electrons. The molecule has 0 amide bonds. The summed E-state index contributed by atoms with van der Waals surface area (Å²) >= 11 is 0. The van der Waals surface area contributed by atoms with Gasteiger partial charge < -0.3 is 9.72 Å². The number of ether oxygens (including phenoxy) is 1. The first-order valence-electron chi connectivity index (χ1n) is 14.0. The Hall–Kier alpha value is -4.93. The Balaban J connectivity index is 1.33. The van der Waals surface area contributed by atoms with Crippen molar-refractivity contribution in [1.29, 1.82) is 0 Å². The van der Waals surface area contributed by atoms with Crippen molar-refractivity contribution in [3.8, 4) is 0 Å². The monoisotopic (exact) mass is 536 g/mol. The zero-order valence-corrected chi connectivity index (χ0v) is 22.8. The van der Waals surface area contributed by atoms with E-state index in [2.05, 4.69) is 119 Å². The van der Waals surface area contributed by atoms with Gasteiger partial charge in [0, 0.05) is 17.4 Å². The van der Waals surface area contributed by atoms with Gasteiger partial charge >= 0.3 is 5.97 Å². The molecular weight excluding hydrogens is 504 g/mol. The smallest absolute Gasteiger partial charge is 0.338 e. The molecule has 0 spiro atoms. The summed E-state index contributed by atoms with van der Waals surface area (Å²) in [5.74, 6) is -0.329. The molecule has 5 aromatic carbocycles. The number of hydrogen-bond acceptors (Lipinski definition) is 3. The van der Waals surface area contributed by atoms with Gasteiger partial charge in [-0.1, -0.05) is 127 Å². The minimum atomic E-state index is -0.546. The van der Waals surface area contributed by atoms with Crippen LogP contribution in [0, 0.1) is 0 Å². The van der Waals surface area contributed by atoms with Crippen molar-refractivity contribution < 1.29 is 9.53 Å². The highest BCUT2D eigenvalue weighted by Gasteiger charge is 2.35. The predicted molar refractivity (Wildman–Crippen MR) is 165 cm³/mol. The molecular formula is C37H32N2O2. The van der Waals surface area contributed by atoms with Crippen molar-refractivity contribution in [1.82, 2.24) is 10.3 Å². The van der Waals surface area contributed by atoms with Crippen LogP contribution in [0.15, 0.2) is 146 Å². The minimum absolute atomic E-state index is 0.180. The average Bonchev–Trinajstić information content (AvgIpc) is 3.41. The van der Waals surface area contributed by atoms with Gasteiger partial charge in [-0.05, 0) is 46.9 Å². The predicted octanol–water partition coefficient (Wildman–Crippen LogP) is 7.65. The number of fused-ring (bicyclic) bond motifs is 1.